The Morgan fingerprint density at radius 3 is 2.16 bits per heavy atom. The molecule has 0 radical (unpaired) electrons. The fourth-order valence-corrected chi connectivity index (χ4v) is 1.99. The average Bonchev–Trinajstić information content (AvgIpc) is 2.27. The monoisotopic (exact) mass is 272 g/mol. The fraction of sp³-hybridized carbons (Fsp3) is 0.429. The van der Waals surface area contributed by atoms with Gasteiger partial charge >= 0.3 is 6.18 Å². The molecule has 0 amide bonds. The van der Waals surface area contributed by atoms with Crippen LogP contribution in [-0.4, -0.2) is 11.6 Å². The SMILES string of the molecule is CC(=O)C(C(=O)c1cccc(C(F)(F)F)c1)C(C)C. The highest BCUT2D eigenvalue weighted by Crippen LogP contribution is 2.30. The summed E-state index contributed by atoms with van der Waals surface area (Å²) < 4.78 is 37.7. The Morgan fingerprint density at radius 2 is 1.74 bits per heavy atom. The lowest BCUT2D eigenvalue weighted by Crippen LogP contribution is -2.27. The molecule has 104 valence electrons. The summed E-state index contributed by atoms with van der Waals surface area (Å²) >= 11 is 0. The molecule has 1 atom stereocenters. The first-order valence-electron chi connectivity index (χ1n) is 5.86. The van der Waals surface area contributed by atoms with Crippen LogP contribution in [-0.2, 0) is 11.0 Å². The molecule has 2 nitrogen and oxygen atoms in total. The van der Waals surface area contributed by atoms with Crippen molar-refractivity contribution in [3.8, 4) is 0 Å². The quantitative estimate of drug-likeness (QED) is 0.618. The third-order valence-electron chi connectivity index (χ3n) is 2.86. The summed E-state index contributed by atoms with van der Waals surface area (Å²) in [6.07, 6.45) is -4.50. The number of hydrogen-bond donors (Lipinski definition) is 0. The van der Waals surface area contributed by atoms with E-state index < -0.39 is 23.4 Å². The lowest BCUT2D eigenvalue weighted by atomic mass is 9.85. The topological polar surface area (TPSA) is 34.1 Å². The summed E-state index contributed by atoms with van der Waals surface area (Å²) in [7, 11) is 0. The molecule has 0 bridgehead atoms. The van der Waals surface area contributed by atoms with Crippen molar-refractivity contribution in [2.45, 2.75) is 26.9 Å². The van der Waals surface area contributed by atoms with Crippen LogP contribution in [0.5, 0.6) is 0 Å². The average molecular weight is 272 g/mol. The van der Waals surface area contributed by atoms with Crippen LogP contribution in [0.4, 0.5) is 13.2 Å². The van der Waals surface area contributed by atoms with Gasteiger partial charge in [-0.25, -0.2) is 0 Å². The molecule has 0 heterocycles. The molecule has 19 heavy (non-hydrogen) atoms. The smallest absolute Gasteiger partial charge is 0.299 e. The predicted molar refractivity (Wildman–Crippen MR) is 64.8 cm³/mol. The van der Waals surface area contributed by atoms with Gasteiger partial charge in [0.2, 0.25) is 0 Å². The third-order valence-corrected chi connectivity index (χ3v) is 2.86. The molecule has 0 N–H and O–H groups in total. The first kappa shape index (κ1) is 15.4. The Morgan fingerprint density at radius 1 is 1.16 bits per heavy atom. The van der Waals surface area contributed by atoms with Crippen molar-refractivity contribution in [2.24, 2.45) is 11.8 Å². The summed E-state index contributed by atoms with van der Waals surface area (Å²) in [4.78, 5) is 23.6. The first-order chi connectivity index (χ1) is 8.64. The maximum Gasteiger partial charge on any atom is 0.416 e. The summed E-state index contributed by atoms with van der Waals surface area (Å²) in [5.74, 6) is -2.05. The number of carbonyl (C=O) groups excluding carboxylic acids is 2. The van der Waals surface area contributed by atoms with E-state index >= 15 is 0 Å². The lowest BCUT2D eigenvalue weighted by molar-refractivity contribution is -0.137. The zero-order valence-electron chi connectivity index (χ0n) is 10.9. The predicted octanol–water partition coefficient (Wildman–Crippen LogP) is 3.75. The van der Waals surface area contributed by atoms with Crippen LogP contribution in [0.2, 0.25) is 0 Å². The molecule has 0 fully saturated rings. The van der Waals surface area contributed by atoms with E-state index in [4.69, 9.17) is 0 Å². The van der Waals surface area contributed by atoms with Gasteiger partial charge in [0, 0.05) is 5.56 Å². The number of hydrogen-bond acceptors (Lipinski definition) is 2. The molecule has 5 heteroatoms. The van der Waals surface area contributed by atoms with E-state index in [1.807, 2.05) is 0 Å². The van der Waals surface area contributed by atoms with E-state index in [9.17, 15) is 22.8 Å². The number of halogens is 3. The largest absolute Gasteiger partial charge is 0.416 e. The zero-order valence-corrected chi connectivity index (χ0v) is 10.9. The minimum atomic E-state index is -4.50. The van der Waals surface area contributed by atoms with E-state index in [1.54, 1.807) is 13.8 Å². The second kappa shape index (κ2) is 5.55. The molecular formula is C14H15F3O2. The van der Waals surface area contributed by atoms with Gasteiger partial charge in [-0.3, -0.25) is 9.59 Å². The number of alkyl halides is 3. The normalized spacial score (nSPS) is 13.4. The third kappa shape index (κ3) is 3.66. The molecule has 0 aliphatic heterocycles. The van der Waals surface area contributed by atoms with Crippen molar-refractivity contribution in [3.05, 3.63) is 35.4 Å². The molecule has 0 saturated heterocycles. The minimum Gasteiger partial charge on any atom is -0.299 e. The van der Waals surface area contributed by atoms with Crippen LogP contribution in [0.25, 0.3) is 0 Å². The van der Waals surface area contributed by atoms with Crippen molar-refractivity contribution < 1.29 is 22.8 Å². The van der Waals surface area contributed by atoms with Crippen LogP contribution < -0.4 is 0 Å². The standard InChI is InChI=1S/C14H15F3O2/c1-8(2)12(9(3)18)13(19)10-5-4-6-11(7-10)14(15,16)17/h4-8,12H,1-3H3. The molecule has 0 spiro atoms. The minimum absolute atomic E-state index is 0.0799. The molecule has 0 aromatic heterocycles. The summed E-state index contributed by atoms with van der Waals surface area (Å²) in [5.41, 5.74) is -0.965. The van der Waals surface area contributed by atoms with Gasteiger partial charge in [0.25, 0.3) is 0 Å². The number of rotatable bonds is 4. The number of ketones is 2. The Labute approximate surface area is 109 Å². The van der Waals surface area contributed by atoms with Gasteiger partial charge in [-0.1, -0.05) is 26.0 Å². The van der Waals surface area contributed by atoms with Crippen LogP contribution in [0.1, 0.15) is 36.7 Å². The number of Topliss-reactive ketones (excluding diaryl/α,β-unsaturated/α-hetero) is 2. The fourth-order valence-electron chi connectivity index (χ4n) is 1.99. The first-order valence-corrected chi connectivity index (χ1v) is 5.86. The second-order valence-electron chi connectivity index (χ2n) is 4.78. The van der Waals surface area contributed by atoms with E-state index in [-0.39, 0.29) is 17.3 Å². The molecule has 0 saturated carbocycles. The molecular weight excluding hydrogens is 257 g/mol. The molecule has 1 unspecified atom stereocenters. The number of benzene rings is 1. The molecule has 0 aliphatic rings. The zero-order chi connectivity index (χ0) is 14.8. The Bertz CT molecular complexity index is 490. The maximum atomic E-state index is 12.6. The van der Waals surface area contributed by atoms with E-state index in [1.165, 1.54) is 19.1 Å². The summed E-state index contributed by atoms with van der Waals surface area (Å²) in [6.45, 7) is 4.66. The molecule has 0 aliphatic carbocycles. The Balaban J connectivity index is 3.16. The van der Waals surface area contributed by atoms with Crippen molar-refractivity contribution in [3.63, 3.8) is 0 Å². The Hall–Kier alpha value is -1.65. The van der Waals surface area contributed by atoms with Gasteiger partial charge in [-0.15, -0.1) is 0 Å². The summed E-state index contributed by atoms with van der Waals surface area (Å²) in [5, 5.41) is 0. The van der Waals surface area contributed by atoms with Gasteiger partial charge in [-0.2, -0.15) is 13.2 Å². The van der Waals surface area contributed by atoms with Gasteiger partial charge in [-0.05, 0) is 25.0 Å². The maximum absolute atomic E-state index is 12.6. The van der Waals surface area contributed by atoms with Crippen molar-refractivity contribution in [1.82, 2.24) is 0 Å². The Kier molecular flexibility index (Phi) is 4.50. The van der Waals surface area contributed by atoms with Crippen LogP contribution in [0.15, 0.2) is 24.3 Å². The van der Waals surface area contributed by atoms with Crippen molar-refractivity contribution >= 4 is 11.6 Å². The second-order valence-corrected chi connectivity index (χ2v) is 4.78. The van der Waals surface area contributed by atoms with Crippen LogP contribution >= 0.6 is 0 Å². The summed E-state index contributed by atoms with van der Waals surface area (Å²) in [6, 6.07) is 4.17. The van der Waals surface area contributed by atoms with Gasteiger partial charge in [0.05, 0.1) is 11.5 Å². The molecule has 1 aromatic carbocycles. The molecule has 1 rings (SSSR count). The van der Waals surface area contributed by atoms with E-state index in [0.29, 0.717) is 0 Å². The van der Waals surface area contributed by atoms with Crippen LogP contribution in [0.3, 0.4) is 0 Å². The highest BCUT2D eigenvalue weighted by atomic mass is 19.4. The molecule has 1 aromatic rings. The van der Waals surface area contributed by atoms with Gasteiger partial charge in [0.15, 0.2) is 5.78 Å². The highest BCUT2D eigenvalue weighted by molar-refractivity contribution is 6.10. The van der Waals surface area contributed by atoms with Gasteiger partial charge < -0.3 is 0 Å². The van der Waals surface area contributed by atoms with Gasteiger partial charge in [0.1, 0.15) is 5.78 Å². The van der Waals surface area contributed by atoms with Crippen molar-refractivity contribution in [1.29, 1.82) is 0 Å². The van der Waals surface area contributed by atoms with E-state index in [0.717, 1.165) is 12.1 Å². The van der Waals surface area contributed by atoms with Crippen LogP contribution in [0, 0.1) is 11.8 Å². The lowest BCUT2D eigenvalue weighted by Gasteiger charge is -2.17. The highest BCUT2D eigenvalue weighted by Gasteiger charge is 2.33. The van der Waals surface area contributed by atoms with E-state index in [2.05, 4.69) is 0 Å². The number of carbonyl (C=O) groups is 2. The van der Waals surface area contributed by atoms with Crippen molar-refractivity contribution in [2.75, 3.05) is 0 Å².